The number of anilines is 1. The van der Waals surface area contributed by atoms with Gasteiger partial charge in [-0.3, -0.25) is 0 Å². The highest BCUT2D eigenvalue weighted by Crippen LogP contribution is 2.25. The maximum Gasteiger partial charge on any atom is 0.354 e. The van der Waals surface area contributed by atoms with Gasteiger partial charge in [0, 0.05) is 19.1 Å². The quantitative estimate of drug-likeness (QED) is 0.814. The molecule has 0 aliphatic carbocycles. The number of β-amino-alcohol motifs (C(OH)–C–C–N with tert-alkyl or cyclic N) is 1. The minimum absolute atomic E-state index is 0.0349. The summed E-state index contributed by atoms with van der Waals surface area (Å²) >= 11 is 0. The highest BCUT2D eigenvalue weighted by Gasteiger charge is 2.31. The molecule has 2 unspecified atom stereocenters. The number of aliphatic hydroxyl groups is 1. The fourth-order valence-electron chi connectivity index (χ4n) is 2.49. The van der Waals surface area contributed by atoms with Crippen LogP contribution in [0.3, 0.4) is 0 Å². The van der Waals surface area contributed by atoms with E-state index in [1.165, 1.54) is 6.07 Å². The van der Waals surface area contributed by atoms with Crippen molar-refractivity contribution in [2.75, 3.05) is 32.1 Å². The summed E-state index contributed by atoms with van der Waals surface area (Å²) in [5.41, 5.74) is 0.890. The van der Waals surface area contributed by atoms with Crippen LogP contribution in [-0.2, 0) is 0 Å². The second-order valence-corrected chi connectivity index (χ2v) is 5.16. The zero-order chi connectivity index (χ0) is 14.0. The molecule has 6 nitrogen and oxygen atoms in total. The molecular formula is C13H19N3O3. The SMILES string of the molecule is CN(C)CC1CC(O)CN1c1ccc(C(=O)O)nc1. The van der Waals surface area contributed by atoms with Crippen molar-refractivity contribution < 1.29 is 15.0 Å². The van der Waals surface area contributed by atoms with Crippen molar-refractivity contribution in [2.24, 2.45) is 0 Å². The number of rotatable bonds is 4. The summed E-state index contributed by atoms with van der Waals surface area (Å²) in [5.74, 6) is -1.03. The Hall–Kier alpha value is -1.66. The standard InChI is InChI=1S/C13H19N3O3/c1-15(2)7-10-5-11(17)8-16(10)9-3-4-12(13(18)19)14-6-9/h3-4,6,10-11,17H,5,7-8H2,1-2H3,(H,18,19). The molecule has 0 spiro atoms. The van der Waals surface area contributed by atoms with E-state index < -0.39 is 5.97 Å². The minimum atomic E-state index is -1.03. The Morgan fingerprint density at radius 1 is 1.53 bits per heavy atom. The minimum Gasteiger partial charge on any atom is -0.477 e. The van der Waals surface area contributed by atoms with E-state index in [0.29, 0.717) is 6.54 Å². The van der Waals surface area contributed by atoms with Gasteiger partial charge in [0.05, 0.1) is 18.0 Å². The van der Waals surface area contributed by atoms with Gasteiger partial charge >= 0.3 is 5.97 Å². The number of aromatic nitrogens is 1. The van der Waals surface area contributed by atoms with Gasteiger partial charge < -0.3 is 20.0 Å². The molecule has 2 rings (SSSR count). The van der Waals surface area contributed by atoms with Gasteiger partial charge in [-0.1, -0.05) is 0 Å². The molecule has 1 aromatic heterocycles. The van der Waals surface area contributed by atoms with Gasteiger partial charge in [-0.25, -0.2) is 9.78 Å². The molecule has 2 atom stereocenters. The Labute approximate surface area is 112 Å². The number of carboxylic acids is 1. The zero-order valence-corrected chi connectivity index (χ0v) is 11.2. The Balaban J connectivity index is 2.16. The molecule has 19 heavy (non-hydrogen) atoms. The molecule has 1 aromatic rings. The lowest BCUT2D eigenvalue weighted by atomic mass is 10.2. The first-order chi connectivity index (χ1) is 8.97. The average Bonchev–Trinajstić information content (AvgIpc) is 2.69. The van der Waals surface area contributed by atoms with Crippen molar-refractivity contribution >= 4 is 11.7 Å². The second-order valence-electron chi connectivity index (χ2n) is 5.16. The molecule has 104 valence electrons. The highest BCUT2D eigenvalue weighted by molar-refractivity contribution is 5.85. The van der Waals surface area contributed by atoms with Crippen molar-refractivity contribution in [3.8, 4) is 0 Å². The van der Waals surface area contributed by atoms with Crippen LogP contribution in [0.5, 0.6) is 0 Å². The lowest BCUT2D eigenvalue weighted by Gasteiger charge is -2.28. The number of likely N-dealkylation sites (N-methyl/N-ethyl adjacent to an activating group) is 1. The fraction of sp³-hybridized carbons (Fsp3) is 0.538. The summed E-state index contributed by atoms with van der Waals surface area (Å²) in [6, 6.07) is 3.47. The van der Waals surface area contributed by atoms with Gasteiger partial charge in [0.15, 0.2) is 0 Å². The van der Waals surface area contributed by atoms with Gasteiger partial charge in [-0.05, 0) is 32.6 Å². The number of nitrogens with zero attached hydrogens (tertiary/aromatic N) is 3. The van der Waals surface area contributed by atoms with Crippen LogP contribution in [0.25, 0.3) is 0 Å². The molecule has 1 aliphatic rings. The van der Waals surface area contributed by atoms with E-state index in [2.05, 4.69) is 14.8 Å². The molecule has 1 fully saturated rings. The first-order valence-corrected chi connectivity index (χ1v) is 6.26. The third-order valence-corrected chi connectivity index (χ3v) is 3.27. The average molecular weight is 265 g/mol. The zero-order valence-electron chi connectivity index (χ0n) is 11.2. The molecule has 0 amide bonds. The predicted molar refractivity (Wildman–Crippen MR) is 71.5 cm³/mol. The second kappa shape index (κ2) is 5.54. The van der Waals surface area contributed by atoms with Gasteiger partial charge in [0.2, 0.25) is 0 Å². The van der Waals surface area contributed by atoms with Gasteiger partial charge in [0.1, 0.15) is 5.69 Å². The molecule has 0 saturated carbocycles. The van der Waals surface area contributed by atoms with Gasteiger partial charge in [-0.15, -0.1) is 0 Å². The molecular weight excluding hydrogens is 246 g/mol. The fourth-order valence-corrected chi connectivity index (χ4v) is 2.49. The van der Waals surface area contributed by atoms with Crippen molar-refractivity contribution in [3.05, 3.63) is 24.0 Å². The molecule has 6 heteroatoms. The number of hydrogen-bond acceptors (Lipinski definition) is 5. The van der Waals surface area contributed by atoms with Crippen LogP contribution in [0.1, 0.15) is 16.9 Å². The molecule has 0 radical (unpaired) electrons. The van der Waals surface area contributed by atoms with Crippen LogP contribution in [0, 0.1) is 0 Å². The van der Waals surface area contributed by atoms with Crippen molar-refractivity contribution in [3.63, 3.8) is 0 Å². The van der Waals surface area contributed by atoms with E-state index in [-0.39, 0.29) is 17.8 Å². The highest BCUT2D eigenvalue weighted by atomic mass is 16.4. The largest absolute Gasteiger partial charge is 0.477 e. The van der Waals surface area contributed by atoms with E-state index in [4.69, 9.17) is 5.11 Å². The first kappa shape index (κ1) is 13.8. The normalized spacial score (nSPS) is 23.1. The van der Waals surface area contributed by atoms with Crippen LogP contribution in [0.4, 0.5) is 5.69 Å². The van der Waals surface area contributed by atoms with Crippen LogP contribution in [0.2, 0.25) is 0 Å². The number of pyridine rings is 1. The third-order valence-electron chi connectivity index (χ3n) is 3.27. The van der Waals surface area contributed by atoms with E-state index in [1.54, 1.807) is 12.3 Å². The first-order valence-electron chi connectivity index (χ1n) is 6.26. The summed E-state index contributed by atoms with van der Waals surface area (Å²) in [7, 11) is 3.99. The maximum absolute atomic E-state index is 10.8. The van der Waals surface area contributed by atoms with E-state index in [1.807, 2.05) is 14.1 Å². The van der Waals surface area contributed by atoms with Gasteiger partial charge in [-0.2, -0.15) is 0 Å². The topological polar surface area (TPSA) is 76.9 Å². The lowest BCUT2D eigenvalue weighted by Crippen LogP contribution is -2.37. The van der Waals surface area contributed by atoms with E-state index in [0.717, 1.165) is 18.7 Å². The van der Waals surface area contributed by atoms with E-state index in [9.17, 15) is 9.90 Å². The smallest absolute Gasteiger partial charge is 0.354 e. The molecule has 0 bridgehead atoms. The summed E-state index contributed by atoms with van der Waals surface area (Å²) in [4.78, 5) is 18.9. The van der Waals surface area contributed by atoms with Crippen molar-refractivity contribution in [2.45, 2.75) is 18.6 Å². The Kier molecular flexibility index (Phi) is 4.01. The maximum atomic E-state index is 10.8. The monoisotopic (exact) mass is 265 g/mol. The summed E-state index contributed by atoms with van der Waals surface area (Å²) < 4.78 is 0. The molecule has 0 aromatic carbocycles. The summed E-state index contributed by atoms with van der Waals surface area (Å²) in [6.07, 6.45) is 1.94. The van der Waals surface area contributed by atoms with Crippen molar-refractivity contribution in [1.29, 1.82) is 0 Å². The van der Waals surface area contributed by atoms with Crippen LogP contribution >= 0.6 is 0 Å². The third kappa shape index (κ3) is 3.21. The number of aliphatic hydroxyl groups excluding tert-OH is 1. The Morgan fingerprint density at radius 3 is 2.79 bits per heavy atom. The molecule has 2 N–H and O–H groups in total. The lowest BCUT2D eigenvalue weighted by molar-refractivity contribution is 0.0690. The molecule has 1 saturated heterocycles. The molecule has 1 aliphatic heterocycles. The van der Waals surface area contributed by atoms with Crippen LogP contribution in [0.15, 0.2) is 18.3 Å². The number of aromatic carboxylic acids is 1. The summed E-state index contributed by atoms with van der Waals surface area (Å²) in [6.45, 7) is 1.41. The summed E-state index contributed by atoms with van der Waals surface area (Å²) in [5, 5.41) is 18.6. The Morgan fingerprint density at radius 2 is 2.26 bits per heavy atom. The molecule has 2 heterocycles. The van der Waals surface area contributed by atoms with E-state index >= 15 is 0 Å². The predicted octanol–water partition coefficient (Wildman–Crippen LogP) is 0.281. The number of carbonyl (C=O) groups is 1. The van der Waals surface area contributed by atoms with Crippen LogP contribution < -0.4 is 4.90 Å². The number of hydrogen-bond donors (Lipinski definition) is 2. The van der Waals surface area contributed by atoms with Crippen molar-refractivity contribution in [1.82, 2.24) is 9.88 Å². The van der Waals surface area contributed by atoms with Gasteiger partial charge in [0.25, 0.3) is 0 Å². The Bertz CT molecular complexity index is 447. The van der Waals surface area contributed by atoms with Crippen LogP contribution in [-0.4, -0.2) is 65.4 Å². The number of carboxylic acid groups (broad SMARTS) is 1.